The molecule has 21 heavy (non-hydrogen) atoms. The van der Waals surface area contributed by atoms with Crippen LogP contribution in [0.25, 0.3) is 0 Å². The zero-order chi connectivity index (χ0) is 15.2. The third-order valence-electron chi connectivity index (χ3n) is 3.14. The number of hydrogen-bond donors (Lipinski definition) is 1. The number of ether oxygens (including phenoxy) is 1. The minimum absolute atomic E-state index is 0.323. The summed E-state index contributed by atoms with van der Waals surface area (Å²) in [6, 6.07) is 7.95. The molecule has 0 spiro atoms. The first kappa shape index (κ1) is 15.7. The maximum Gasteiger partial charge on any atom is 0.209 e. The van der Waals surface area contributed by atoms with Crippen molar-refractivity contribution < 1.29 is 4.74 Å². The van der Waals surface area contributed by atoms with Gasteiger partial charge in [0.1, 0.15) is 11.6 Å². The first-order valence-electron chi connectivity index (χ1n) is 7.11. The minimum atomic E-state index is 0.323. The van der Waals surface area contributed by atoms with E-state index in [-0.39, 0.29) is 0 Å². The highest BCUT2D eigenvalue weighted by molar-refractivity contribution is 7.09. The average Bonchev–Trinajstić information content (AvgIpc) is 2.98. The van der Waals surface area contributed by atoms with Gasteiger partial charge < -0.3 is 15.4 Å². The molecule has 0 bridgehead atoms. The Morgan fingerprint density at radius 1 is 1.33 bits per heavy atom. The Hall–Kier alpha value is -1.66. The summed E-state index contributed by atoms with van der Waals surface area (Å²) in [5.74, 6) is 2.03. The summed E-state index contributed by atoms with van der Waals surface area (Å²) < 4.78 is 9.91. The van der Waals surface area contributed by atoms with Gasteiger partial charge in [0.25, 0.3) is 0 Å². The minimum Gasteiger partial charge on any atom is -0.495 e. The van der Waals surface area contributed by atoms with Crippen LogP contribution in [0.3, 0.4) is 0 Å². The number of benzene rings is 1. The van der Waals surface area contributed by atoms with Gasteiger partial charge in [-0.3, -0.25) is 0 Å². The summed E-state index contributed by atoms with van der Waals surface area (Å²) in [4.78, 5) is 6.79. The van der Waals surface area contributed by atoms with Crippen LogP contribution in [-0.4, -0.2) is 29.6 Å². The molecule has 2 N–H and O–H groups in total. The molecule has 0 unspecified atom stereocenters. The van der Waals surface area contributed by atoms with Gasteiger partial charge >= 0.3 is 0 Å². The Kier molecular flexibility index (Phi) is 5.52. The van der Waals surface area contributed by atoms with Crippen LogP contribution in [0.2, 0.25) is 0 Å². The van der Waals surface area contributed by atoms with Gasteiger partial charge in [0.15, 0.2) is 0 Å². The van der Waals surface area contributed by atoms with Crippen LogP contribution in [-0.2, 0) is 0 Å². The van der Waals surface area contributed by atoms with Gasteiger partial charge in [-0.05, 0) is 25.1 Å². The fourth-order valence-electron chi connectivity index (χ4n) is 1.99. The van der Waals surface area contributed by atoms with E-state index in [1.165, 1.54) is 11.5 Å². The molecule has 0 saturated heterocycles. The zero-order valence-electron chi connectivity index (χ0n) is 12.7. The van der Waals surface area contributed by atoms with Gasteiger partial charge in [-0.15, -0.1) is 0 Å². The highest BCUT2D eigenvalue weighted by Gasteiger charge is 2.18. The zero-order valence-corrected chi connectivity index (χ0v) is 13.6. The second kappa shape index (κ2) is 7.38. The van der Waals surface area contributed by atoms with Crippen LogP contribution in [0.5, 0.6) is 5.75 Å². The highest BCUT2D eigenvalue weighted by atomic mass is 32.1. The molecule has 0 aliphatic rings. The molecular formula is C15H22N4OS. The van der Waals surface area contributed by atoms with Crippen molar-refractivity contribution in [2.75, 3.05) is 25.1 Å². The molecule has 0 radical (unpaired) electrons. The Morgan fingerprint density at radius 3 is 2.71 bits per heavy atom. The molecule has 0 amide bonds. The topological polar surface area (TPSA) is 64.3 Å². The van der Waals surface area contributed by atoms with Crippen LogP contribution in [0.1, 0.15) is 32.0 Å². The number of nitrogens with two attached hydrogens (primary N) is 1. The van der Waals surface area contributed by atoms with E-state index in [1.54, 1.807) is 7.11 Å². The molecule has 0 aliphatic heterocycles. The predicted molar refractivity (Wildman–Crippen MR) is 87.7 cm³/mol. The molecule has 2 aromatic rings. The summed E-state index contributed by atoms with van der Waals surface area (Å²) in [5.41, 5.74) is 6.67. The number of methoxy groups -OCH3 is 1. The second-order valence-electron chi connectivity index (χ2n) is 5.06. The van der Waals surface area contributed by atoms with E-state index in [1.807, 2.05) is 24.3 Å². The highest BCUT2D eigenvalue weighted by Crippen LogP contribution is 2.35. The van der Waals surface area contributed by atoms with Crippen molar-refractivity contribution in [3.63, 3.8) is 0 Å². The van der Waals surface area contributed by atoms with E-state index in [9.17, 15) is 0 Å². The van der Waals surface area contributed by atoms with E-state index >= 15 is 0 Å². The van der Waals surface area contributed by atoms with Crippen LogP contribution >= 0.6 is 11.5 Å². The first-order valence-corrected chi connectivity index (χ1v) is 7.89. The van der Waals surface area contributed by atoms with Crippen LogP contribution in [0.15, 0.2) is 24.3 Å². The lowest BCUT2D eigenvalue weighted by Gasteiger charge is -2.23. The van der Waals surface area contributed by atoms with E-state index in [0.717, 1.165) is 35.4 Å². The van der Waals surface area contributed by atoms with Crippen molar-refractivity contribution in [2.45, 2.75) is 26.2 Å². The normalized spacial score (nSPS) is 10.9. The van der Waals surface area contributed by atoms with Crippen LogP contribution < -0.4 is 15.4 Å². The molecule has 0 saturated carbocycles. The van der Waals surface area contributed by atoms with Crippen LogP contribution in [0, 0.1) is 0 Å². The lowest BCUT2D eigenvalue weighted by molar-refractivity contribution is 0.415. The third kappa shape index (κ3) is 3.71. The van der Waals surface area contributed by atoms with E-state index in [4.69, 9.17) is 10.5 Å². The summed E-state index contributed by atoms with van der Waals surface area (Å²) in [6.45, 7) is 5.63. The average molecular weight is 306 g/mol. The molecule has 0 atom stereocenters. The standard InChI is InChI=1S/C15H22N4OS/c1-11(2)14-17-15(21-18-14)19(10-6-9-16)12-7-4-5-8-13(12)20-3/h4-5,7-8,11H,6,9-10,16H2,1-3H3. The Bertz CT molecular complexity index is 570. The summed E-state index contributed by atoms with van der Waals surface area (Å²) >= 11 is 1.42. The summed E-state index contributed by atoms with van der Waals surface area (Å²) in [6.07, 6.45) is 0.884. The number of para-hydroxylation sites is 2. The van der Waals surface area contributed by atoms with E-state index < -0.39 is 0 Å². The van der Waals surface area contributed by atoms with Gasteiger partial charge in [0.05, 0.1) is 12.8 Å². The van der Waals surface area contributed by atoms with Crippen LogP contribution in [0.4, 0.5) is 10.8 Å². The maximum absolute atomic E-state index is 5.67. The number of aromatic nitrogens is 2. The number of nitrogens with zero attached hydrogens (tertiary/aromatic N) is 3. The first-order chi connectivity index (χ1) is 10.2. The lowest BCUT2D eigenvalue weighted by atomic mass is 10.2. The van der Waals surface area contributed by atoms with Gasteiger partial charge in [-0.2, -0.15) is 4.37 Å². The van der Waals surface area contributed by atoms with Crippen molar-refractivity contribution in [1.82, 2.24) is 9.36 Å². The van der Waals surface area contributed by atoms with Crippen molar-refractivity contribution in [3.05, 3.63) is 30.1 Å². The Labute approximate surface area is 129 Å². The fourth-order valence-corrected chi connectivity index (χ4v) is 2.84. The monoisotopic (exact) mass is 306 g/mol. The molecular weight excluding hydrogens is 284 g/mol. The molecule has 6 heteroatoms. The lowest BCUT2D eigenvalue weighted by Crippen LogP contribution is -2.21. The van der Waals surface area contributed by atoms with Gasteiger partial charge in [-0.1, -0.05) is 26.0 Å². The summed E-state index contributed by atoms with van der Waals surface area (Å²) in [5, 5.41) is 0.886. The van der Waals surface area contributed by atoms with Crippen molar-refractivity contribution >= 4 is 22.4 Å². The molecule has 5 nitrogen and oxygen atoms in total. The van der Waals surface area contributed by atoms with Gasteiger partial charge in [-0.25, -0.2) is 4.98 Å². The Balaban J connectivity index is 2.37. The molecule has 1 aromatic carbocycles. The number of hydrogen-bond acceptors (Lipinski definition) is 6. The van der Waals surface area contributed by atoms with Gasteiger partial charge in [0.2, 0.25) is 5.13 Å². The van der Waals surface area contributed by atoms with E-state index in [0.29, 0.717) is 12.5 Å². The predicted octanol–water partition coefficient (Wildman–Crippen LogP) is 3.16. The maximum atomic E-state index is 5.67. The van der Waals surface area contributed by atoms with Gasteiger partial charge in [0, 0.05) is 24.0 Å². The Morgan fingerprint density at radius 2 is 2.10 bits per heavy atom. The largest absolute Gasteiger partial charge is 0.495 e. The molecule has 0 aliphatic carbocycles. The summed E-state index contributed by atoms with van der Waals surface area (Å²) in [7, 11) is 1.68. The molecule has 1 aromatic heterocycles. The van der Waals surface area contributed by atoms with Crippen molar-refractivity contribution in [3.8, 4) is 5.75 Å². The number of anilines is 2. The van der Waals surface area contributed by atoms with Crippen molar-refractivity contribution in [1.29, 1.82) is 0 Å². The smallest absolute Gasteiger partial charge is 0.209 e. The fraction of sp³-hybridized carbons (Fsp3) is 0.467. The molecule has 1 heterocycles. The third-order valence-corrected chi connectivity index (χ3v) is 3.89. The number of rotatable bonds is 7. The molecule has 2 rings (SSSR count). The molecule has 0 fully saturated rings. The van der Waals surface area contributed by atoms with E-state index in [2.05, 4.69) is 28.1 Å². The quantitative estimate of drug-likeness (QED) is 0.851. The second-order valence-corrected chi connectivity index (χ2v) is 5.79. The SMILES string of the molecule is COc1ccccc1N(CCCN)c1nc(C(C)C)ns1. The molecule has 114 valence electrons. The van der Waals surface area contributed by atoms with Crippen molar-refractivity contribution in [2.24, 2.45) is 5.73 Å².